The fourth-order valence-electron chi connectivity index (χ4n) is 7.64. The third kappa shape index (κ3) is 5.29. The van der Waals surface area contributed by atoms with Crippen molar-refractivity contribution in [1.82, 2.24) is 34.3 Å². The molecule has 1 saturated heterocycles. The third-order valence-corrected chi connectivity index (χ3v) is 10.8. The first-order chi connectivity index (χ1) is 23.2. The van der Waals surface area contributed by atoms with Gasteiger partial charge >= 0.3 is 0 Å². The van der Waals surface area contributed by atoms with Gasteiger partial charge in [0.15, 0.2) is 5.82 Å². The van der Waals surface area contributed by atoms with Crippen LogP contribution in [-0.4, -0.2) is 66.5 Å². The van der Waals surface area contributed by atoms with Crippen molar-refractivity contribution >= 4 is 45.5 Å². The van der Waals surface area contributed by atoms with Gasteiger partial charge in [0.1, 0.15) is 22.1 Å². The van der Waals surface area contributed by atoms with Crippen LogP contribution in [0.25, 0.3) is 33.6 Å². The van der Waals surface area contributed by atoms with Crippen LogP contribution in [0.2, 0.25) is 5.15 Å². The monoisotopic (exact) mass is 666 g/mol. The number of fused-ring (bicyclic) bond motifs is 4. The maximum atomic E-state index is 13.9. The number of carbonyl (C=O) groups excluding carboxylic acids is 2. The molecule has 12 heteroatoms. The van der Waals surface area contributed by atoms with Crippen molar-refractivity contribution in [2.75, 3.05) is 13.7 Å². The van der Waals surface area contributed by atoms with Crippen LogP contribution < -0.4 is 15.8 Å². The van der Waals surface area contributed by atoms with E-state index in [1.165, 1.54) is 12.8 Å². The Labute approximate surface area is 283 Å². The number of aryl methyl sites for hydroxylation is 1. The van der Waals surface area contributed by atoms with E-state index in [-0.39, 0.29) is 35.1 Å². The topological polar surface area (TPSA) is 133 Å². The van der Waals surface area contributed by atoms with Gasteiger partial charge in [0.25, 0.3) is 11.8 Å². The molecule has 5 heterocycles. The molecule has 2 amide bonds. The van der Waals surface area contributed by atoms with E-state index in [1.807, 2.05) is 47.7 Å². The number of likely N-dealkylation sites (tertiary alicyclic amines) is 1. The van der Waals surface area contributed by atoms with Crippen LogP contribution in [0.1, 0.15) is 71.5 Å². The van der Waals surface area contributed by atoms with E-state index in [0.29, 0.717) is 40.8 Å². The summed E-state index contributed by atoms with van der Waals surface area (Å²) < 4.78 is 10.2. The zero-order chi connectivity index (χ0) is 33.3. The van der Waals surface area contributed by atoms with Crippen molar-refractivity contribution in [3.63, 3.8) is 0 Å². The molecule has 0 spiro atoms. The van der Waals surface area contributed by atoms with E-state index >= 15 is 0 Å². The number of methoxy groups -OCH3 is 1. The van der Waals surface area contributed by atoms with Crippen LogP contribution in [0, 0.1) is 11.8 Å². The molecule has 0 radical (unpaired) electrons. The fraction of sp³-hybridized carbons (Fsp3) is 0.417. The van der Waals surface area contributed by atoms with Crippen LogP contribution in [0.15, 0.2) is 48.7 Å². The maximum absolute atomic E-state index is 13.9. The van der Waals surface area contributed by atoms with Gasteiger partial charge in [0.05, 0.1) is 35.6 Å². The van der Waals surface area contributed by atoms with Crippen molar-refractivity contribution in [1.29, 1.82) is 0 Å². The van der Waals surface area contributed by atoms with Gasteiger partial charge in [-0.3, -0.25) is 9.59 Å². The van der Waals surface area contributed by atoms with Crippen LogP contribution in [0.5, 0.6) is 5.75 Å². The Bertz CT molecular complexity index is 2080. The first-order valence-electron chi connectivity index (χ1n) is 16.7. The second-order valence-corrected chi connectivity index (χ2v) is 14.0. The number of aromatic nitrogens is 5. The van der Waals surface area contributed by atoms with Gasteiger partial charge in [-0.15, -0.1) is 0 Å². The molecule has 4 atom stereocenters. The van der Waals surface area contributed by atoms with E-state index in [4.69, 9.17) is 32.0 Å². The maximum Gasteiger partial charge on any atom is 0.254 e. The van der Waals surface area contributed by atoms with Crippen molar-refractivity contribution in [2.45, 2.75) is 63.7 Å². The van der Waals surface area contributed by atoms with Crippen LogP contribution in [-0.2, 0) is 13.6 Å². The van der Waals surface area contributed by atoms with E-state index in [1.54, 1.807) is 25.4 Å². The molecule has 11 nitrogen and oxygen atoms in total. The Kier molecular flexibility index (Phi) is 7.64. The predicted octanol–water partition coefficient (Wildman–Crippen LogP) is 5.50. The van der Waals surface area contributed by atoms with Crippen molar-refractivity contribution in [2.24, 2.45) is 24.6 Å². The van der Waals surface area contributed by atoms with Crippen LogP contribution >= 0.6 is 11.6 Å². The summed E-state index contributed by atoms with van der Waals surface area (Å²) in [6.07, 6.45) is 6.95. The summed E-state index contributed by atoms with van der Waals surface area (Å²) in [5.74, 6) is 2.11. The van der Waals surface area contributed by atoms with Gasteiger partial charge in [-0.25, -0.2) is 15.0 Å². The Morgan fingerprint density at radius 2 is 1.96 bits per heavy atom. The summed E-state index contributed by atoms with van der Waals surface area (Å²) in [4.78, 5) is 43.1. The van der Waals surface area contributed by atoms with Crippen LogP contribution in [0.3, 0.4) is 0 Å². The average molecular weight is 667 g/mol. The molecule has 48 heavy (non-hydrogen) atoms. The van der Waals surface area contributed by atoms with E-state index in [9.17, 15) is 9.59 Å². The number of benzene rings is 1. The highest BCUT2D eigenvalue weighted by molar-refractivity contribution is 6.32. The normalized spacial score (nSPS) is 21.2. The lowest BCUT2D eigenvalue weighted by molar-refractivity contribution is 0.0603. The van der Waals surface area contributed by atoms with E-state index in [2.05, 4.69) is 20.9 Å². The molecule has 3 N–H and O–H groups in total. The first-order valence-corrected chi connectivity index (χ1v) is 17.1. The molecule has 1 aromatic carbocycles. The van der Waals surface area contributed by atoms with Gasteiger partial charge in [0, 0.05) is 49.4 Å². The quantitative estimate of drug-likeness (QED) is 0.209. The largest absolute Gasteiger partial charge is 0.494 e. The van der Waals surface area contributed by atoms with E-state index in [0.717, 1.165) is 59.6 Å². The summed E-state index contributed by atoms with van der Waals surface area (Å²) >= 11 is 6.17. The summed E-state index contributed by atoms with van der Waals surface area (Å²) in [7, 11) is 3.61. The molecule has 2 aliphatic carbocycles. The van der Waals surface area contributed by atoms with Gasteiger partial charge in [-0.05, 0) is 93.3 Å². The number of pyridine rings is 2. The fourth-order valence-corrected chi connectivity index (χ4v) is 7.84. The minimum Gasteiger partial charge on any atom is -0.494 e. The lowest BCUT2D eigenvalue weighted by atomic mass is 9.94. The van der Waals surface area contributed by atoms with Gasteiger partial charge in [-0.2, -0.15) is 0 Å². The lowest BCUT2D eigenvalue weighted by Gasteiger charge is -2.37. The molecular formula is C36H39ClN8O3. The highest BCUT2D eigenvalue weighted by Gasteiger charge is 2.41. The number of ether oxygens (including phenoxy) is 1. The summed E-state index contributed by atoms with van der Waals surface area (Å²) in [5, 5.41) is 4.15. The number of nitrogens with two attached hydrogens (primary N) is 1. The molecule has 3 aliphatic rings. The Morgan fingerprint density at radius 1 is 1.12 bits per heavy atom. The number of hydrogen-bond donors (Lipinski definition) is 2. The van der Waals surface area contributed by atoms with Crippen molar-refractivity contribution < 1.29 is 14.3 Å². The van der Waals surface area contributed by atoms with Crippen molar-refractivity contribution in [3.8, 4) is 17.3 Å². The molecule has 8 rings (SSSR count). The first kappa shape index (κ1) is 30.8. The number of halogens is 1. The Morgan fingerprint density at radius 3 is 2.73 bits per heavy atom. The molecule has 3 fully saturated rings. The number of amides is 2. The van der Waals surface area contributed by atoms with Crippen LogP contribution in [0.4, 0.5) is 0 Å². The van der Waals surface area contributed by atoms with Crippen molar-refractivity contribution in [3.05, 3.63) is 70.6 Å². The summed E-state index contributed by atoms with van der Waals surface area (Å²) in [5.41, 5.74) is 11.4. The van der Waals surface area contributed by atoms with Gasteiger partial charge in [0.2, 0.25) is 0 Å². The lowest BCUT2D eigenvalue weighted by Crippen LogP contribution is -2.51. The molecule has 4 aromatic heterocycles. The standard InChI is InChI=1S/C36H39ClN8O3/c1-19(40-35(46)25-5-4-12-39-32(25)37)27-11-9-22-15-29(45(33(22)41-27)17-20-6-7-20)34-42-28-14-23(16-30(48-3)31(28)43(34)2)36(47)44-18-26(38)21-8-10-24(44)13-21/h4-5,9,11-12,14-16,19-21,24,26H,6-8,10,13,17-18,38H2,1-3H3,(H,40,46)/t19-,21-,24+,26+/m1/s1. The molecule has 2 saturated carbocycles. The predicted molar refractivity (Wildman–Crippen MR) is 184 cm³/mol. The number of rotatable bonds is 8. The SMILES string of the molecule is COc1cc(C(=O)N2C[C@H](N)[C@@H]3CC[C@H]2C3)cc2nc(-c3cc4ccc([C@@H](C)NC(=O)c5cccnc5Cl)nc4n3CC3CC3)n(C)c12. The summed E-state index contributed by atoms with van der Waals surface area (Å²) in [6, 6.07) is 13.1. The van der Waals surface area contributed by atoms with Gasteiger partial charge < -0.3 is 29.8 Å². The highest BCUT2D eigenvalue weighted by atomic mass is 35.5. The zero-order valence-electron chi connectivity index (χ0n) is 27.3. The highest BCUT2D eigenvalue weighted by Crippen LogP contribution is 2.40. The molecule has 2 bridgehead atoms. The molecule has 1 aliphatic heterocycles. The van der Waals surface area contributed by atoms with E-state index < -0.39 is 0 Å². The molecule has 0 unspecified atom stereocenters. The number of nitrogens with zero attached hydrogens (tertiary/aromatic N) is 6. The minimum absolute atomic E-state index is 0.0150. The Hall–Kier alpha value is -4.48. The zero-order valence-corrected chi connectivity index (χ0v) is 28.1. The average Bonchev–Trinajstić information content (AvgIpc) is 3.55. The second kappa shape index (κ2) is 11.9. The number of imidazole rings is 1. The minimum atomic E-state index is -0.369. The number of nitrogens with one attached hydrogen (secondary N) is 1. The smallest absolute Gasteiger partial charge is 0.254 e. The van der Waals surface area contributed by atoms with Gasteiger partial charge in [-0.1, -0.05) is 11.6 Å². The molecular weight excluding hydrogens is 628 g/mol. The molecule has 248 valence electrons. The third-order valence-electron chi connectivity index (χ3n) is 10.5. The summed E-state index contributed by atoms with van der Waals surface area (Å²) in [6.45, 7) is 3.30. The molecule has 5 aromatic rings. The second-order valence-electron chi connectivity index (χ2n) is 13.7. The number of piperidine rings is 1. The number of carbonyl (C=O) groups is 2. The Balaban J connectivity index is 1.16. The number of hydrogen-bond acceptors (Lipinski definition) is 7.